The van der Waals surface area contributed by atoms with E-state index in [1.165, 1.54) is 43.4 Å². The molecule has 1 atom stereocenters. The molecule has 1 aromatic carbocycles. The number of benzene rings is 1. The van der Waals surface area contributed by atoms with E-state index in [0.717, 1.165) is 0 Å². The number of carbonyl (C=O) groups is 1. The van der Waals surface area contributed by atoms with Gasteiger partial charge >= 0.3 is 13.1 Å². The van der Waals surface area contributed by atoms with Crippen LogP contribution in [0, 0.1) is 0 Å². The van der Waals surface area contributed by atoms with Gasteiger partial charge in [-0.05, 0) is 6.42 Å². The average molecular weight is 383 g/mol. The van der Waals surface area contributed by atoms with E-state index < -0.39 is 18.2 Å². The molecule has 9 nitrogen and oxygen atoms in total. The third-order valence-electron chi connectivity index (χ3n) is 3.60. The Morgan fingerprint density at radius 1 is 1.44 bits per heavy atom. The van der Waals surface area contributed by atoms with E-state index in [0.29, 0.717) is 27.2 Å². The number of aromatic nitrogens is 2. The number of carboxylic acid groups (broad SMARTS) is 1. The van der Waals surface area contributed by atoms with Crippen LogP contribution in [0.1, 0.15) is 15.9 Å². The number of nitrogen functional groups attached to an aromatic ring is 1. The number of nitrogens with two attached hydrogens (primary N) is 1. The highest BCUT2D eigenvalue weighted by atomic mass is 32.2. The van der Waals surface area contributed by atoms with Gasteiger partial charge in [-0.25, -0.2) is 4.79 Å². The van der Waals surface area contributed by atoms with Crippen LogP contribution in [0.15, 0.2) is 10.4 Å². The predicted octanol–water partition coefficient (Wildman–Crippen LogP) is 0.951. The zero-order valence-electron chi connectivity index (χ0n) is 13.3. The Hall–Kier alpha value is -2.18. The summed E-state index contributed by atoms with van der Waals surface area (Å²) < 4.78 is 16.6. The first-order chi connectivity index (χ1) is 11.9. The van der Waals surface area contributed by atoms with Crippen LogP contribution in [-0.2, 0) is 6.42 Å². The molecule has 2 heterocycles. The number of thioether (sulfide) groups is 1. The van der Waals surface area contributed by atoms with Crippen molar-refractivity contribution in [3.05, 3.63) is 17.2 Å². The van der Waals surface area contributed by atoms with E-state index in [1.807, 2.05) is 0 Å². The lowest BCUT2D eigenvalue weighted by atomic mass is 9.77. The van der Waals surface area contributed by atoms with Gasteiger partial charge in [-0.1, -0.05) is 23.1 Å². The highest BCUT2D eigenvalue weighted by Crippen LogP contribution is 2.45. The standard InChI is InChI=1S/C13H14BN3O6S2/c1-21-6-4-7(22-2)9(11(18)19)10-5(6)3-8(14(20)23-10)24-13-17-16-12(15)25-13/h4,8,20H,3H2,1-2H3,(H2,15,16)(H,18,19)/t8-/m0/s1. The second-order valence-corrected chi connectivity index (χ2v) is 7.54. The highest BCUT2D eigenvalue weighted by molar-refractivity contribution is 8.02. The molecule has 4 N–H and O–H groups in total. The molecule has 3 rings (SSSR count). The average Bonchev–Trinajstić information content (AvgIpc) is 2.98. The molecule has 2 aromatic rings. The summed E-state index contributed by atoms with van der Waals surface area (Å²) in [5, 5.41) is 27.3. The Labute approximate surface area is 151 Å². The largest absolute Gasteiger partial charge is 0.537 e. The van der Waals surface area contributed by atoms with Gasteiger partial charge < -0.3 is 30.0 Å². The fourth-order valence-electron chi connectivity index (χ4n) is 2.52. The van der Waals surface area contributed by atoms with Crippen LogP contribution in [0.5, 0.6) is 17.2 Å². The van der Waals surface area contributed by atoms with Gasteiger partial charge in [0.15, 0.2) is 4.34 Å². The summed E-state index contributed by atoms with van der Waals surface area (Å²) in [5.41, 5.74) is 5.96. The van der Waals surface area contributed by atoms with Crippen molar-refractivity contribution in [2.24, 2.45) is 0 Å². The van der Waals surface area contributed by atoms with Crippen LogP contribution in [0.4, 0.5) is 5.13 Å². The lowest BCUT2D eigenvalue weighted by Crippen LogP contribution is -2.41. The molecule has 0 fully saturated rings. The molecule has 1 aliphatic heterocycles. The van der Waals surface area contributed by atoms with Crippen molar-refractivity contribution in [2.75, 3.05) is 20.0 Å². The molecule has 1 aromatic heterocycles. The van der Waals surface area contributed by atoms with Crippen molar-refractivity contribution >= 4 is 41.3 Å². The molecule has 12 heteroatoms. The first-order valence-electron chi connectivity index (χ1n) is 7.06. The van der Waals surface area contributed by atoms with Crippen LogP contribution >= 0.6 is 23.1 Å². The maximum absolute atomic E-state index is 11.6. The minimum absolute atomic E-state index is 0.0461. The van der Waals surface area contributed by atoms with Crippen molar-refractivity contribution in [2.45, 2.75) is 15.9 Å². The number of rotatable bonds is 5. The molecule has 0 amide bonds. The van der Waals surface area contributed by atoms with Gasteiger partial charge in [0.1, 0.15) is 22.8 Å². The van der Waals surface area contributed by atoms with E-state index in [-0.39, 0.29) is 17.1 Å². The molecule has 132 valence electrons. The third-order valence-corrected chi connectivity index (χ3v) is 5.67. The Bertz CT molecular complexity index is 817. The Kier molecular flexibility index (Phi) is 4.93. The first-order valence-corrected chi connectivity index (χ1v) is 8.75. The zero-order valence-corrected chi connectivity index (χ0v) is 14.9. The number of hydrogen-bond acceptors (Lipinski definition) is 10. The van der Waals surface area contributed by atoms with Gasteiger partial charge in [-0.3, -0.25) is 0 Å². The van der Waals surface area contributed by atoms with Crippen molar-refractivity contribution in [3.63, 3.8) is 0 Å². The van der Waals surface area contributed by atoms with Gasteiger partial charge in [0.05, 0.1) is 19.4 Å². The Morgan fingerprint density at radius 3 is 2.72 bits per heavy atom. The summed E-state index contributed by atoms with van der Waals surface area (Å²) in [4.78, 5) is 11.6. The predicted molar refractivity (Wildman–Crippen MR) is 92.8 cm³/mol. The van der Waals surface area contributed by atoms with Crippen LogP contribution < -0.4 is 19.9 Å². The maximum atomic E-state index is 11.6. The molecular formula is C13H14BN3O6S2. The molecule has 0 unspecified atom stereocenters. The number of carboxylic acids is 1. The zero-order chi connectivity index (χ0) is 18.1. The summed E-state index contributed by atoms with van der Waals surface area (Å²) in [6.07, 6.45) is 0.314. The minimum Gasteiger partial charge on any atom is -0.534 e. The highest BCUT2D eigenvalue weighted by Gasteiger charge is 2.41. The fourth-order valence-corrected chi connectivity index (χ4v) is 4.45. The van der Waals surface area contributed by atoms with Crippen molar-refractivity contribution < 1.29 is 29.1 Å². The van der Waals surface area contributed by atoms with Gasteiger partial charge in [-0.15, -0.1) is 10.2 Å². The second kappa shape index (κ2) is 6.98. The van der Waals surface area contributed by atoms with Crippen LogP contribution in [-0.4, -0.2) is 52.8 Å². The lowest BCUT2D eigenvalue weighted by Gasteiger charge is -2.29. The number of anilines is 1. The molecule has 0 radical (unpaired) electrons. The molecule has 1 aliphatic rings. The van der Waals surface area contributed by atoms with Crippen LogP contribution in [0.25, 0.3) is 0 Å². The van der Waals surface area contributed by atoms with Crippen LogP contribution in [0.2, 0.25) is 0 Å². The maximum Gasteiger partial charge on any atom is 0.537 e. The monoisotopic (exact) mass is 383 g/mol. The van der Waals surface area contributed by atoms with E-state index in [4.69, 9.17) is 19.9 Å². The van der Waals surface area contributed by atoms with E-state index in [2.05, 4.69) is 10.2 Å². The smallest absolute Gasteiger partial charge is 0.534 e. The van der Waals surface area contributed by atoms with E-state index in [1.54, 1.807) is 0 Å². The molecular weight excluding hydrogens is 369 g/mol. The van der Waals surface area contributed by atoms with E-state index >= 15 is 0 Å². The van der Waals surface area contributed by atoms with Gasteiger partial charge in [0, 0.05) is 11.6 Å². The van der Waals surface area contributed by atoms with Crippen molar-refractivity contribution in [1.82, 2.24) is 10.2 Å². The molecule has 0 bridgehead atoms. The van der Waals surface area contributed by atoms with Gasteiger partial charge in [0.2, 0.25) is 5.13 Å². The topological polar surface area (TPSA) is 137 Å². The number of aromatic carboxylic acids is 1. The molecule has 25 heavy (non-hydrogen) atoms. The van der Waals surface area contributed by atoms with Gasteiger partial charge in [0.25, 0.3) is 0 Å². The summed E-state index contributed by atoms with van der Waals surface area (Å²) in [7, 11) is 1.58. The molecule has 0 spiro atoms. The SMILES string of the molecule is COc1cc(OC)c(C(=O)O)c2c1C[C@H](Sc1nnc(N)s1)B(O)O2. The quantitative estimate of drug-likeness (QED) is 0.640. The third kappa shape index (κ3) is 3.32. The Balaban J connectivity index is 2.01. The van der Waals surface area contributed by atoms with E-state index in [9.17, 15) is 14.9 Å². The van der Waals surface area contributed by atoms with Gasteiger partial charge in [-0.2, -0.15) is 0 Å². The number of methoxy groups -OCH3 is 2. The first kappa shape index (κ1) is 17.6. The number of fused-ring (bicyclic) bond motifs is 1. The number of ether oxygens (including phenoxy) is 2. The minimum atomic E-state index is -1.24. The molecule has 0 saturated heterocycles. The van der Waals surface area contributed by atoms with Crippen molar-refractivity contribution in [1.29, 1.82) is 0 Å². The molecule has 0 aliphatic carbocycles. The second-order valence-electron chi connectivity index (χ2n) is 5.04. The fraction of sp³-hybridized carbons (Fsp3) is 0.308. The normalized spacial score (nSPS) is 16.1. The summed E-state index contributed by atoms with van der Waals surface area (Å²) in [6, 6.07) is 1.49. The summed E-state index contributed by atoms with van der Waals surface area (Å²) in [6.45, 7) is 0. The Morgan fingerprint density at radius 2 is 2.16 bits per heavy atom. The molecule has 0 saturated carbocycles. The van der Waals surface area contributed by atoms with Crippen molar-refractivity contribution in [3.8, 4) is 17.2 Å². The lowest BCUT2D eigenvalue weighted by molar-refractivity contribution is 0.0690. The summed E-state index contributed by atoms with van der Waals surface area (Å²) >= 11 is 2.45. The number of hydrogen-bond donors (Lipinski definition) is 3. The van der Waals surface area contributed by atoms with Crippen LogP contribution in [0.3, 0.4) is 0 Å². The summed E-state index contributed by atoms with van der Waals surface area (Å²) in [5.74, 6) is -0.653. The number of nitrogens with zero attached hydrogens (tertiary/aromatic N) is 2.